The van der Waals surface area contributed by atoms with Crippen molar-refractivity contribution in [1.29, 1.82) is 0 Å². The number of nitrogens with two attached hydrogens (primary N) is 1. The van der Waals surface area contributed by atoms with Crippen LogP contribution in [-0.4, -0.2) is 23.9 Å². The summed E-state index contributed by atoms with van der Waals surface area (Å²) < 4.78 is 26.9. The van der Waals surface area contributed by atoms with E-state index in [1.54, 1.807) is 0 Å². The maximum absolute atomic E-state index is 12.1. The van der Waals surface area contributed by atoms with Gasteiger partial charge in [-0.25, -0.2) is 23.1 Å². The van der Waals surface area contributed by atoms with Gasteiger partial charge in [0.25, 0.3) is 0 Å². The van der Waals surface area contributed by atoms with Crippen LogP contribution in [0.25, 0.3) is 0 Å². The molecule has 1 saturated carbocycles. The van der Waals surface area contributed by atoms with Gasteiger partial charge in [0, 0.05) is 5.54 Å². The molecular formula is C10H16N4O2S. The van der Waals surface area contributed by atoms with Gasteiger partial charge in [0.1, 0.15) is 4.90 Å². The third-order valence-corrected chi connectivity index (χ3v) is 4.64. The average Bonchev–Trinajstić information content (AvgIpc) is 2.64. The number of hydrogen-bond acceptors (Lipinski definition) is 5. The van der Waals surface area contributed by atoms with Gasteiger partial charge in [0.05, 0.1) is 12.4 Å². The summed E-state index contributed by atoms with van der Waals surface area (Å²) in [5.41, 5.74) is 4.98. The van der Waals surface area contributed by atoms with E-state index in [1.165, 1.54) is 12.4 Å². The molecule has 0 aliphatic heterocycles. The first-order valence-electron chi connectivity index (χ1n) is 5.53. The second-order valence-electron chi connectivity index (χ2n) is 4.65. The Labute approximate surface area is 101 Å². The van der Waals surface area contributed by atoms with Crippen molar-refractivity contribution in [3.63, 3.8) is 0 Å². The second kappa shape index (κ2) is 4.23. The molecule has 6 nitrogen and oxygen atoms in total. The van der Waals surface area contributed by atoms with Crippen LogP contribution in [0.2, 0.25) is 0 Å². The number of nitrogens with one attached hydrogen (secondary N) is 1. The highest BCUT2D eigenvalue weighted by atomic mass is 32.2. The number of aromatic nitrogens is 2. The molecule has 0 amide bonds. The SMILES string of the molecule is CC1(NS(=O)(=O)c2cnc(N)nc2)CCCC1. The lowest BCUT2D eigenvalue weighted by atomic mass is 10.0. The van der Waals surface area contributed by atoms with Crippen molar-refractivity contribution in [3.8, 4) is 0 Å². The first kappa shape index (κ1) is 12.3. The van der Waals surface area contributed by atoms with Crippen molar-refractivity contribution in [2.75, 3.05) is 5.73 Å². The van der Waals surface area contributed by atoms with Crippen LogP contribution in [0.15, 0.2) is 17.3 Å². The molecule has 94 valence electrons. The lowest BCUT2D eigenvalue weighted by molar-refractivity contribution is 0.427. The summed E-state index contributed by atoms with van der Waals surface area (Å²) in [6, 6.07) is 0. The van der Waals surface area contributed by atoms with E-state index >= 15 is 0 Å². The highest BCUT2D eigenvalue weighted by molar-refractivity contribution is 7.89. The molecule has 0 aromatic carbocycles. The largest absolute Gasteiger partial charge is 0.368 e. The van der Waals surface area contributed by atoms with Crippen molar-refractivity contribution in [2.24, 2.45) is 0 Å². The summed E-state index contributed by atoms with van der Waals surface area (Å²) >= 11 is 0. The van der Waals surface area contributed by atoms with E-state index in [2.05, 4.69) is 14.7 Å². The molecule has 1 fully saturated rings. The molecule has 1 aliphatic carbocycles. The van der Waals surface area contributed by atoms with Gasteiger partial charge >= 0.3 is 0 Å². The Morgan fingerprint density at radius 3 is 2.35 bits per heavy atom. The zero-order valence-electron chi connectivity index (χ0n) is 9.68. The van der Waals surface area contributed by atoms with Crippen LogP contribution in [0, 0.1) is 0 Å². The van der Waals surface area contributed by atoms with Crippen molar-refractivity contribution in [2.45, 2.75) is 43.0 Å². The van der Waals surface area contributed by atoms with Crippen LogP contribution >= 0.6 is 0 Å². The minimum atomic E-state index is -3.55. The number of hydrogen-bond donors (Lipinski definition) is 2. The van der Waals surface area contributed by atoms with Crippen LogP contribution in [0.3, 0.4) is 0 Å². The van der Waals surface area contributed by atoms with Crippen LogP contribution < -0.4 is 10.5 Å². The molecule has 3 N–H and O–H groups in total. The Morgan fingerprint density at radius 1 is 1.29 bits per heavy atom. The van der Waals surface area contributed by atoms with Crippen LogP contribution in [0.1, 0.15) is 32.6 Å². The summed E-state index contributed by atoms with van der Waals surface area (Å²) in [5, 5.41) is 0. The normalized spacial score (nSPS) is 19.4. The highest BCUT2D eigenvalue weighted by Crippen LogP contribution is 2.30. The first-order chi connectivity index (χ1) is 7.91. The molecule has 0 spiro atoms. The molecule has 1 aliphatic rings. The van der Waals surface area contributed by atoms with Crippen LogP contribution in [0.4, 0.5) is 5.95 Å². The smallest absolute Gasteiger partial charge is 0.244 e. The fourth-order valence-electron chi connectivity index (χ4n) is 2.11. The van der Waals surface area contributed by atoms with Gasteiger partial charge in [-0.15, -0.1) is 0 Å². The number of nitrogens with zero attached hydrogens (tertiary/aromatic N) is 2. The van der Waals surface area contributed by atoms with Gasteiger partial charge in [-0.3, -0.25) is 0 Å². The van der Waals surface area contributed by atoms with Gasteiger partial charge in [-0.2, -0.15) is 0 Å². The summed E-state index contributed by atoms with van der Waals surface area (Å²) in [4.78, 5) is 7.44. The summed E-state index contributed by atoms with van der Waals surface area (Å²) in [6.45, 7) is 1.93. The highest BCUT2D eigenvalue weighted by Gasteiger charge is 2.33. The molecule has 7 heteroatoms. The molecule has 0 bridgehead atoms. The third kappa shape index (κ3) is 2.73. The predicted molar refractivity (Wildman–Crippen MR) is 63.6 cm³/mol. The molecule has 0 atom stereocenters. The molecule has 0 saturated heterocycles. The number of sulfonamides is 1. The Bertz CT molecular complexity index is 492. The Morgan fingerprint density at radius 2 is 1.82 bits per heavy atom. The van der Waals surface area contributed by atoms with Crippen LogP contribution in [0.5, 0.6) is 0 Å². The number of rotatable bonds is 3. The molecule has 0 radical (unpaired) electrons. The van der Waals surface area contributed by atoms with E-state index in [-0.39, 0.29) is 16.4 Å². The van der Waals surface area contributed by atoms with Gasteiger partial charge in [-0.1, -0.05) is 12.8 Å². The molecule has 17 heavy (non-hydrogen) atoms. The van der Waals surface area contributed by atoms with Crippen molar-refractivity contribution >= 4 is 16.0 Å². The minimum absolute atomic E-state index is 0.0554. The quantitative estimate of drug-likeness (QED) is 0.828. The Balaban J connectivity index is 2.22. The zero-order chi connectivity index (χ0) is 12.5. The van der Waals surface area contributed by atoms with Gasteiger partial charge < -0.3 is 5.73 Å². The average molecular weight is 256 g/mol. The summed E-state index contributed by atoms with van der Waals surface area (Å²) in [6.07, 6.45) is 6.28. The van der Waals surface area contributed by atoms with Crippen molar-refractivity contribution in [3.05, 3.63) is 12.4 Å². The maximum atomic E-state index is 12.1. The fourth-order valence-corrected chi connectivity index (χ4v) is 3.46. The number of nitrogen functional groups attached to an aromatic ring is 1. The third-order valence-electron chi connectivity index (χ3n) is 3.05. The van der Waals surface area contributed by atoms with E-state index < -0.39 is 10.0 Å². The topological polar surface area (TPSA) is 98.0 Å². The maximum Gasteiger partial charge on any atom is 0.244 e. The van der Waals surface area contributed by atoms with Crippen LogP contribution in [-0.2, 0) is 10.0 Å². The molecule has 1 aromatic rings. The monoisotopic (exact) mass is 256 g/mol. The first-order valence-corrected chi connectivity index (χ1v) is 7.01. The lowest BCUT2D eigenvalue weighted by Crippen LogP contribution is -2.43. The molecule has 2 rings (SSSR count). The van der Waals surface area contributed by atoms with Crippen molar-refractivity contribution < 1.29 is 8.42 Å². The Hall–Kier alpha value is -1.21. The summed E-state index contributed by atoms with van der Waals surface area (Å²) in [7, 11) is -3.55. The van der Waals surface area contributed by atoms with Gasteiger partial charge in [-0.05, 0) is 19.8 Å². The van der Waals surface area contributed by atoms with Crippen molar-refractivity contribution in [1.82, 2.24) is 14.7 Å². The zero-order valence-corrected chi connectivity index (χ0v) is 10.5. The minimum Gasteiger partial charge on any atom is -0.368 e. The van der Waals surface area contributed by atoms with E-state index in [4.69, 9.17) is 5.73 Å². The van der Waals surface area contributed by atoms with E-state index in [0.29, 0.717) is 0 Å². The van der Waals surface area contributed by atoms with E-state index in [1.807, 2.05) is 6.92 Å². The van der Waals surface area contributed by atoms with Gasteiger partial charge in [0.15, 0.2) is 0 Å². The van der Waals surface area contributed by atoms with Gasteiger partial charge in [0.2, 0.25) is 16.0 Å². The predicted octanol–water partition coefficient (Wildman–Crippen LogP) is 0.670. The summed E-state index contributed by atoms with van der Waals surface area (Å²) in [5.74, 6) is 0.0658. The fraction of sp³-hybridized carbons (Fsp3) is 0.600. The van der Waals surface area contributed by atoms with E-state index in [9.17, 15) is 8.42 Å². The molecular weight excluding hydrogens is 240 g/mol. The lowest BCUT2D eigenvalue weighted by Gasteiger charge is -2.24. The second-order valence-corrected chi connectivity index (χ2v) is 6.33. The van der Waals surface area contributed by atoms with E-state index in [0.717, 1.165) is 25.7 Å². The molecule has 1 aromatic heterocycles. The molecule has 1 heterocycles. The number of anilines is 1. The molecule has 0 unspecified atom stereocenters. The Kier molecular flexibility index (Phi) is 3.05. The standard InChI is InChI=1S/C10H16N4O2S/c1-10(4-2-3-5-10)14-17(15,16)8-6-12-9(11)13-7-8/h6-7,14H,2-5H2,1H3,(H2,11,12,13).